The van der Waals surface area contributed by atoms with Gasteiger partial charge in [-0.25, -0.2) is 4.21 Å². The van der Waals surface area contributed by atoms with Gasteiger partial charge in [-0.1, -0.05) is 125 Å². The third kappa shape index (κ3) is 11.9. The van der Waals surface area contributed by atoms with Crippen molar-refractivity contribution in [2.75, 3.05) is 0 Å². The molecule has 0 aliphatic carbocycles. The van der Waals surface area contributed by atoms with Crippen molar-refractivity contribution in [1.29, 1.82) is 0 Å². The van der Waals surface area contributed by atoms with Gasteiger partial charge >= 0.3 is 7.54 Å². The highest BCUT2D eigenvalue weighted by atomic mass is 32.8. The molecule has 2 heterocycles. The predicted octanol–water partition coefficient (Wildman–Crippen LogP) is 9.98. The molecule has 0 fully saturated rings. The van der Waals surface area contributed by atoms with Gasteiger partial charge in [0, 0.05) is 43.3 Å². The Morgan fingerprint density at radius 1 is 0.519 bits per heavy atom. The van der Waals surface area contributed by atoms with E-state index in [1.165, 1.54) is 57.9 Å². The van der Waals surface area contributed by atoms with Gasteiger partial charge in [-0.05, 0) is 90.1 Å². The summed E-state index contributed by atoms with van der Waals surface area (Å²) in [5.41, 5.74) is 8.22. The molecule has 0 aromatic heterocycles. The minimum absolute atomic E-state index is 0. The number of hydrogen-bond donors (Lipinski definition) is 0. The van der Waals surface area contributed by atoms with E-state index in [9.17, 15) is 17.2 Å². The van der Waals surface area contributed by atoms with Gasteiger partial charge < -0.3 is 4.70 Å². The van der Waals surface area contributed by atoms with Crippen LogP contribution in [0.4, 0.5) is 12.9 Å². The second-order valence-corrected chi connectivity index (χ2v) is 17.7. The summed E-state index contributed by atoms with van der Waals surface area (Å²) in [6.07, 6.45) is 0. The largest absolute Gasteiger partial charge is 1.00 e. The highest BCUT2D eigenvalue weighted by molar-refractivity contribution is 8.07. The third-order valence-corrected chi connectivity index (χ3v) is 14.8. The lowest BCUT2D eigenvalue weighted by molar-refractivity contribution is -0.0000145. The summed E-state index contributed by atoms with van der Waals surface area (Å²) in [6, 6.07) is 44.7. The predicted molar refractivity (Wildman–Crippen MR) is 226 cm³/mol. The Hall–Kier alpha value is -3.26. The van der Waals surface area contributed by atoms with E-state index in [-0.39, 0.29) is 15.6 Å². The summed E-state index contributed by atoms with van der Waals surface area (Å²) < 4.78 is 41.2. The molecule has 0 amide bonds. The molecule has 6 aromatic carbocycles. The summed E-state index contributed by atoms with van der Waals surface area (Å²) in [4.78, 5) is 11.3. The SMILES string of the molecule is Cc1cc(C)c([S+]2c3ccccc3Sc3ccccc32)c(C)c1.Cc1cc(C)cc(C)c1.FB(F)F.O=S1c2ccccc2Sc2ccccc21.S=S.[F-]. The van der Waals surface area contributed by atoms with Crippen molar-refractivity contribution in [1.82, 2.24) is 0 Å². The number of hydrogen-bond acceptors (Lipinski definition) is 5. The normalized spacial score (nSPS) is 11.9. The molecule has 1 nitrogen and oxygen atoms in total. The summed E-state index contributed by atoms with van der Waals surface area (Å²) >= 11 is 10.9. The number of fused-ring (bicyclic) bond motifs is 4. The second-order valence-electron chi connectivity index (χ2n) is 12.2. The van der Waals surface area contributed by atoms with E-state index in [4.69, 9.17) is 0 Å². The molecule has 0 saturated heterocycles. The fourth-order valence-electron chi connectivity index (χ4n) is 6.17. The Morgan fingerprint density at radius 3 is 1.20 bits per heavy atom. The maximum atomic E-state index is 12.2. The Morgan fingerprint density at radius 2 is 0.815 bits per heavy atom. The van der Waals surface area contributed by atoms with Crippen LogP contribution < -0.4 is 4.70 Å². The van der Waals surface area contributed by atoms with E-state index in [0.717, 1.165) is 19.6 Å². The van der Waals surface area contributed by atoms with Crippen molar-refractivity contribution in [3.8, 4) is 0 Å². The molecule has 2 aliphatic heterocycles. The van der Waals surface area contributed by atoms with Crippen LogP contribution in [0.1, 0.15) is 33.4 Å². The minimum Gasteiger partial charge on any atom is -1.00 e. The van der Waals surface area contributed by atoms with Gasteiger partial charge in [0.15, 0.2) is 14.7 Å². The fraction of sp³-hybridized carbons (Fsp3) is 0.143. The molecular weight excluding hydrogens is 800 g/mol. The van der Waals surface area contributed by atoms with Crippen LogP contribution in [-0.2, 0) is 44.1 Å². The van der Waals surface area contributed by atoms with E-state index in [1.807, 2.05) is 60.3 Å². The zero-order valence-corrected chi connectivity index (χ0v) is 35.5. The van der Waals surface area contributed by atoms with Crippen molar-refractivity contribution < 1.29 is 21.9 Å². The van der Waals surface area contributed by atoms with Gasteiger partial charge in [0.25, 0.3) is 0 Å². The van der Waals surface area contributed by atoms with Crippen LogP contribution >= 0.6 is 23.5 Å². The van der Waals surface area contributed by atoms with Gasteiger partial charge in [0.1, 0.15) is 10.9 Å². The molecule has 8 rings (SSSR count). The summed E-state index contributed by atoms with van der Waals surface area (Å²) in [5.74, 6) is 0. The minimum atomic E-state index is -3.67. The van der Waals surface area contributed by atoms with Crippen molar-refractivity contribution in [3.63, 3.8) is 0 Å². The zero-order chi connectivity index (χ0) is 38.7. The van der Waals surface area contributed by atoms with Crippen LogP contribution in [0.25, 0.3) is 0 Å². The van der Waals surface area contributed by atoms with Crippen LogP contribution in [0.2, 0.25) is 0 Å². The number of benzene rings is 6. The topological polar surface area (TPSA) is 17.1 Å². The second kappa shape index (κ2) is 21.7. The average Bonchev–Trinajstić information content (AvgIpc) is 3.12. The molecular formula is C42H39BF4OS6. The van der Waals surface area contributed by atoms with E-state index < -0.39 is 18.3 Å². The summed E-state index contributed by atoms with van der Waals surface area (Å²) in [7, 11) is -4.69. The number of halogens is 4. The van der Waals surface area contributed by atoms with Gasteiger partial charge in [-0.2, -0.15) is 0 Å². The lowest BCUT2D eigenvalue weighted by atomic mass is 10.1. The first-order valence-corrected chi connectivity index (χ1v) is 21.9. The highest BCUT2D eigenvalue weighted by Gasteiger charge is 2.39. The molecule has 12 heteroatoms. The number of aryl methyl sites for hydroxylation is 6. The lowest BCUT2D eigenvalue weighted by Gasteiger charge is -2.21. The average molecular weight is 839 g/mol. The first-order valence-electron chi connectivity index (χ1n) is 16.5. The lowest BCUT2D eigenvalue weighted by Crippen LogP contribution is -3.00. The molecule has 0 atom stereocenters. The molecule has 0 unspecified atom stereocenters. The summed E-state index contributed by atoms with van der Waals surface area (Å²) in [6.45, 7) is 13.1. The number of rotatable bonds is 1. The van der Waals surface area contributed by atoms with Crippen molar-refractivity contribution >= 4 is 75.1 Å². The van der Waals surface area contributed by atoms with Gasteiger partial charge in [-0.15, -0.1) is 0 Å². The van der Waals surface area contributed by atoms with Crippen LogP contribution in [-0.4, -0.2) is 11.8 Å². The maximum absolute atomic E-state index is 12.2. The van der Waals surface area contributed by atoms with Crippen LogP contribution in [0.3, 0.4) is 0 Å². The van der Waals surface area contributed by atoms with E-state index in [1.54, 1.807) is 11.8 Å². The molecule has 6 aromatic rings. The van der Waals surface area contributed by atoms with E-state index in [0.29, 0.717) is 0 Å². The molecule has 0 N–H and O–H groups in total. The van der Waals surface area contributed by atoms with E-state index >= 15 is 0 Å². The van der Waals surface area contributed by atoms with Crippen molar-refractivity contribution in [2.24, 2.45) is 0 Å². The standard InChI is InChI=1S/C21H19S2.C12H8OS2.C9H12.BF3.FH.S2/c1-14-12-15(2)21(16(3)13-14)23-19-10-6-4-8-17(19)22-18-9-5-7-11-20(18)23;13-15-11-7-3-1-5-9(11)14-10-6-2-4-8-12(10)15;1-7-4-8(2)6-9(3)5-7;2-1(3)4;;1-2/h4-13H,1-3H3;1-8H;4-6H,1-3H3;;1H;/q+1;;;;;/p-1. The smallest absolute Gasteiger partial charge is 0.762 e. The zero-order valence-electron chi connectivity index (χ0n) is 30.6. The van der Waals surface area contributed by atoms with Crippen LogP contribution in [0, 0.1) is 41.5 Å². The molecule has 0 saturated carbocycles. The quantitative estimate of drug-likeness (QED) is 0.0928. The fourth-order valence-corrected chi connectivity index (χ4v) is 12.9. The third-order valence-electron chi connectivity index (χ3n) is 7.85. The first-order chi connectivity index (χ1) is 25.4. The monoisotopic (exact) mass is 838 g/mol. The maximum Gasteiger partial charge on any atom is 0.762 e. The molecule has 0 spiro atoms. The van der Waals surface area contributed by atoms with Gasteiger partial charge in [-0.3, -0.25) is 12.9 Å². The highest BCUT2D eigenvalue weighted by Crippen LogP contribution is 2.49. The van der Waals surface area contributed by atoms with Gasteiger partial charge in [0.2, 0.25) is 0 Å². The molecule has 54 heavy (non-hydrogen) atoms. The Kier molecular flexibility index (Phi) is 18.2. The Balaban J connectivity index is 0.000000218. The van der Waals surface area contributed by atoms with Crippen molar-refractivity contribution in [2.45, 2.75) is 85.6 Å². The Labute approximate surface area is 341 Å². The summed E-state index contributed by atoms with van der Waals surface area (Å²) in [5, 5.41) is 0. The van der Waals surface area contributed by atoms with Crippen molar-refractivity contribution in [3.05, 3.63) is 161 Å². The van der Waals surface area contributed by atoms with Crippen LogP contribution in [0.5, 0.6) is 0 Å². The van der Waals surface area contributed by atoms with Crippen LogP contribution in [0.15, 0.2) is 171 Å². The molecule has 280 valence electrons. The molecule has 2 aliphatic rings. The van der Waals surface area contributed by atoms with E-state index in [2.05, 4.69) is 143 Å². The first kappa shape index (κ1) is 45.1. The molecule has 0 radical (unpaired) electrons. The van der Waals surface area contributed by atoms with Gasteiger partial charge in [0.05, 0.1) is 30.4 Å². The Bertz CT molecular complexity index is 2030. The molecule has 0 bridgehead atoms.